The van der Waals surface area contributed by atoms with Crippen LogP contribution in [0.2, 0.25) is 0 Å². The largest absolute Gasteiger partial charge is 0.380 e. The minimum atomic E-state index is -0.0397. The molecule has 17 heavy (non-hydrogen) atoms. The van der Waals surface area contributed by atoms with E-state index in [0.717, 1.165) is 32.7 Å². The van der Waals surface area contributed by atoms with Crippen molar-refractivity contribution in [2.24, 2.45) is 5.73 Å². The second-order valence-corrected chi connectivity index (χ2v) is 5.13. The van der Waals surface area contributed by atoms with Gasteiger partial charge in [-0.25, -0.2) is 0 Å². The van der Waals surface area contributed by atoms with E-state index < -0.39 is 0 Å². The van der Waals surface area contributed by atoms with E-state index in [9.17, 15) is 0 Å². The van der Waals surface area contributed by atoms with Crippen molar-refractivity contribution in [1.29, 1.82) is 0 Å². The van der Waals surface area contributed by atoms with Gasteiger partial charge in [0.1, 0.15) is 0 Å². The van der Waals surface area contributed by atoms with Crippen molar-refractivity contribution in [2.75, 3.05) is 53.5 Å². The maximum Gasteiger partial charge on any atom is 0.0659 e. The summed E-state index contributed by atoms with van der Waals surface area (Å²) in [7, 11) is 4.21. The number of likely N-dealkylation sites (N-methyl/N-ethyl adjacent to an activating group) is 1. The molecule has 0 saturated heterocycles. The first kappa shape index (κ1) is 16.8. The molecule has 0 heterocycles. The van der Waals surface area contributed by atoms with Crippen molar-refractivity contribution in [3.05, 3.63) is 0 Å². The van der Waals surface area contributed by atoms with Crippen molar-refractivity contribution in [1.82, 2.24) is 9.80 Å². The van der Waals surface area contributed by atoms with E-state index in [0.29, 0.717) is 13.2 Å². The number of hydrogen-bond acceptors (Lipinski definition) is 4. The molecule has 0 radical (unpaired) electrons. The first-order valence-electron chi connectivity index (χ1n) is 6.67. The Morgan fingerprint density at radius 3 is 2.18 bits per heavy atom. The fraction of sp³-hybridized carbons (Fsp3) is 1.00. The van der Waals surface area contributed by atoms with Crippen LogP contribution in [0.3, 0.4) is 0 Å². The summed E-state index contributed by atoms with van der Waals surface area (Å²) in [5.74, 6) is 0. The van der Waals surface area contributed by atoms with Crippen LogP contribution in [0.25, 0.3) is 0 Å². The minimum absolute atomic E-state index is 0.0397. The Kier molecular flexibility index (Phi) is 8.78. The van der Waals surface area contributed by atoms with Gasteiger partial charge in [-0.1, -0.05) is 6.92 Å². The summed E-state index contributed by atoms with van der Waals surface area (Å²) in [5.41, 5.74) is 5.91. The Labute approximate surface area is 107 Å². The van der Waals surface area contributed by atoms with E-state index >= 15 is 0 Å². The van der Waals surface area contributed by atoms with E-state index in [2.05, 4.69) is 37.7 Å². The number of rotatable bonds is 10. The van der Waals surface area contributed by atoms with E-state index in [-0.39, 0.29) is 5.54 Å². The highest BCUT2D eigenvalue weighted by atomic mass is 16.5. The molecule has 0 aliphatic rings. The van der Waals surface area contributed by atoms with Crippen LogP contribution in [0.1, 0.15) is 27.2 Å². The van der Waals surface area contributed by atoms with Gasteiger partial charge in [0.05, 0.1) is 12.1 Å². The third-order valence-corrected chi connectivity index (χ3v) is 3.13. The van der Waals surface area contributed by atoms with Crippen LogP contribution in [0.15, 0.2) is 0 Å². The van der Waals surface area contributed by atoms with Gasteiger partial charge in [0.25, 0.3) is 0 Å². The molecule has 0 spiro atoms. The number of nitrogens with zero attached hydrogens (tertiary/aromatic N) is 2. The molecule has 1 unspecified atom stereocenters. The molecular weight excluding hydrogens is 214 g/mol. The lowest BCUT2D eigenvalue weighted by atomic mass is 10.0. The highest BCUT2D eigenvalue weighted by Gasteiger charge is 2.29. The second-order valence-electron chi connectivity index (χ2n) is 5.13. The van der Waals surface area contributed by atoms with Crippen molar-refractivity contribution >= 4 is 0 Å². The lowest BCUT2D eigenvalue weighted by Crippen LogP contribution is -2.56. The van der Waals surface area contributed by atoms with E-state index in [1.165, 1.54) is 0 Å². The van der Waals surface area contributed by atoms with Gasteiger partial charge >= 0.3 is 0 Å². The van der Waals surface area contributed by atoms with Gasteiger partial charge in [0.15, 0.2) is 0 Å². The average molecular weight is 245 g/mol. The Balaban J connectivity index is 4.47. The van der Waals surface area contributed by atoms with Crippen molar-refractivity contribution in [3.8, 4) is 0 Å². The highest BCUT2D eigenvalue weighted by Crippen LogP contribution is 2.15. The van der Waals surface area contributed by atoms with Gasteiger partial charge in [-0.2, -0.15) is 0 Å². The maximum atomic E-state index is 5.95. The predicted molar refractivity (Wildman–Crippen MR) is 74.4 cm³/mol. The van der Waals surface area contributed by atoms with Crippen LogP contribution >= 0.6 is 0 Å². The van der Waals surface area contributed by atoms with E-state index in [1.54, 1.807) is 0 Å². The van der Waals surface area contributed by atoms with Gasteiger partial charge in [-0.05, 0) is 40.9 Å². The zero-order valence-electron chi connectivity index (χ0n) is 12.3. The Bertz CT molecular complexity index is 188. The molecule has 0 fully saturated rings. The number of ether oxygens (including phenoxy) is 1. The van der Waals surface area contributed by atoms with Gasteiger partial charge in [0, 0.05) is 26.2 Å². The molecule has 104 valence electrons. The first-order valence-corrected chi connectivity index (χ1v) is 6.67. The highest BCUT2D eigenvalue weighted by molar-refractivity contribution is 4.87. The second kappa shape index (κ2) is 8.86. The fourth-order valence-corrected chi connectivity index (χ4v) is 1.84. The molecule has 0 aliphatic carbocycles. The first-order chi connectivity index (χ1) is 8.00. The molecule has 1 atom stereocenters. The third kappa shape index (κ3) is 6.36. The molecule has 0 amide bonds. The van der Waals surface area contributed by atoms with Crippen molar-refractivity contribution in [2.45, 2.75) is 32.7 Å². The van der Waals surface area contributed by atoms with Crippen molar-refractivity contribution in [3.63, 3.8) is 0 Å². The topological polar surface area (TPSA) is 41.7 Å². The molecule has 0 aliphatic heterocycles. The zero-order chi connectivity index (χ0) is 13.3. The molecule has 0 aromatic carbocycles. The summed E-state index contributed by atoms with van der Waals surface area (Å²) in [6.45, 7) is 11.7. The van der Waals surface area contributed by atoms with Crippen LogP contribution in [-0.4, -0.2) is 68.8 Å². The van der Waals surface area contributed by atoms with Gasteiger partial charge in [-0.15, -0.1) is 0 Å². The van der Waals surface area contributed by atoms with E-state index in [4.69, 9.17) is 10.5 Å². The smallest absolute Gasteiger partial charge is 0.0659 e. The molecule has 4 nitrogen and oxygen atoms in total. The van der Waals surface area contributed by atoms with Crippen molar-refractivity contribution < 1.29 is 4.74 Å². The predicted octanol–water partition coefficient (Wildman–Crippen LogP) is 1.01. The summed E-state index contributed by atoms with van der Waals surface area (Å²) in [4.78, 5) is 4.67. The Morgan fingerprint density at radius 2 is 1.76 bits per heavy atom. The summed E-state index contributed by atoms with van der Waals surface area (Å²) in [5, 5.41) is 0. The molecule has 0 bridgehead atoms. The molecule has 0 aromatic heterocycles. The quantitative estimate of drug-likeness (QED) is 0.624. The van der Waals surface area contributed by atoms with Gasteiger partial charge < -0.3 is 15.4 Å². The lowest BCUT2D eigenvalue weighted by molar-refractivity contribution is 0.00748. The van der Waals surface area contributed by atoms with Gasteiger partial charge in [0.2, 0.25) is 0 Å². The van der Waals surface area contributed by atoms with Crippen LogP contribution in [-0.2, 0) is 4.74 Å². The Hall–Kier alpha value is -0.160. The summed E-state index contributed by atoms with van der Waals surface area (Å²) in [6, 6.07) is 0. The zero-order valence-corrected chi connectivity index (χ0v) is 12.3. The summed E-state index contributed by atoms with van der Waals surface area (Å²) >= 11 is 0. The van der Waals surface area contributed by atoms with E-state index in [1.807, 2.05) is 6.92 Å². The number of hydrogen-bond donors (Lipinski definition) is 1. The maximum absolute atomic E-state index is 5.95. The van der Waals surface area contributed by atoms with Crippen LogP contribution < -0.4 is 5.73 Å². The monoisotopic (exact) mass is 245 g/mol. The van der Waals surface area contributed by atoms with Crippen LogP contribution in [0.4, 0.5) is 0 Å². The fourth-order valence-electron chi connectivity index (χ4n) is 1.84. The number of nitrogens with two attached hydrogens (primary N) is 1. The average Bonchev–Trinajstić information content (AvgIpc) is 2.31. The molecule has 0 aromatic rings. The molecule has 2 N–H and O–H groups in total. The van der Waals surface area contributed by atoms with Crippen LogP contribution in [0.5, 0.6) is 0 Å². The normalized spacial score (nSPS) is 15.5. The molecular formula is C13H31N3O. The standard InChI is InChI=1S/C13H31N3O/c1-6-8-16(10-9-15(4)5)13(3,11-14)12-17-7-2/h6-12,14H2,1-5H3. The summed E-state index contributed by atoms with van der Waals surface area (Å²) < 4.78 is 5.59. The molecule has 0 rings (SSSR count). The molecule has 4 heteroatoms. The summed E-state index contributed by atoms with van der Waals surface area (Å²) in [6.07, 6.45) is 1.15. The Morgan fingerprint density at radius 1 is 1.12 bits per heavy atom. The van der Waals surface area contributed by atoms with Gasteiger partial charge in [-0.3, -0.25) is 4.90 Å². The third-order valence-electron chi connectivity index (χ3n) is 3.13. The lowest BCUT2D eigenvalue weighted by Gasteiger charge is -2.41. The van der Waals surface area contributed by atoms with Crippen LogP contribution in [0, 0.1) is 0 Å². The SMILES string of the molecule is CCCN(CCN(C)C)C(C)(CN)COCC. The molecule has 0 saturated carbocycles. The minimum Gasteiger partial charge on any atom is -0.380 e.